The number of H-pyrrole nitrogens is 1. The molecule has 7 nitrogen and oxygen atoms in total. The number of aryl methyl sites for hydroxylation is 1. The molecule has 1 saturated carbocycles. The number of Topliss-reactive ketones (excluding diaryl/α,β-unsaturated/α-hetero) is 1. The predicted octanol–water partition coefficient (Wildman–Crippen LogP) is 3.28. The molecule has 1 fully saturated rings. The molecular formula is C20H24N2O5. The van der Waals surface area contributed by atoms with E-state index in [1.807, 2.05) is 0 Å². The van der Waals surface area contributed by atoms with Gasteiger partial charge in [0, 0.05) is 17.3 Å². The minimum atomic E-state index is -0.668. The van der Waals surface area contributed by atoms with Crippen LogP contribution in [0.25, 0.3) is 0 Å². The monoisotopic (exact) mass is 372 g/mol. The summed E-state index contributed by atoms with van der Waals surface area (Å²) in [7, 11) is 0. The summed E-state index contributed by atoms with van der Waals surface area (Å²) in [6, 6.07) is 2.61. The van der Waals surface area contributed by atoms with Gasteiger partial charge in [0.15, 0.2) is 11.5 Å². The lowest BCUT2D eigenvalue weighted by molar-refractivity contribution is 0.0518. The lowest BCUT2D eigenvalue weighted by Gasteiger charge is -2.27. The Balaban J connectivity index is 1.90. The van der Waals surface area contributed by atoms with Gasteiger partial charge in [0.25, 0.3) is 5.91 Å². The first-order chi connectivity index (χ1) is 12.9. The Bertz CT molecular complexity index is 861. The standard InChI is InChI=1S/C20H24N2O5/c1-5-26-20(25)17-11(2)16(12(3)21-17)18(23)13(4)22(14-8-9-14)19(24)15-7-6-10-27-15/h6-7,10,13-14,21H,5,8-9H2,1-4H3. The van der Waals surface area contributed by atoms with Gasteiger partial charge >= 0.3 is 5.97 Å². The maximum Gasteiger partial charge on any atom is 0.355 e. The maximum absolute atomic E-state index is 13.2. The van der Waals surface area contributed by atoms with Crippen LogP contribution in [-0.4, -0.2) is 46.2 Å². The number of ketones is 1. The molecule has 2 aromatic rings. The first-order valence-electron chi connectivity index (χ1n) is 9.13. The third-order valence-electron chi connectivity index (χ3n) is 4.87. The van der Waals surface area contributed by atoms with Gasteiger partial charge in [0.1, 0.15) is 5.69 Å². The Morgan fingerprint density at radius 2 is 2.04 bits per heavy atom. The molecule has 2 aromatic heterocycles. The van der Waals surface area contributed by atoms with Crippen molar-refractivity contribution in [3.05, 3.63) is 46.7 Å². The van der Waals surface area contributed by atoms with E-state index in [1.165, 1.54) is 6.26 Å². The third-order valence-corrected chi connectivity index (χ3v) is 4.87. The van der Waals surface area contributed by atoms with Gasteiger partial charge in [0.05, 0.1) is 18.9 Å². The highest BCUT2D eigenvalue weighted by Crippen LogP contribution is 2.32. The second-order valence-electron chi connectivity index (χ2n) is 6.81. The zero-order valence-corrected chi connectivity index (χ0v) is 16.0. The van der Waals surface area contributed by atoms with Crippen LogP contribution in [0.1, 0.15) is 69.3 Å². The van der Waals surface area contributed by atoms with Crippen LogP contribution in [0.4, 0.5) is 0 Å². The number of nitrogens with zero attached hydrogens (tertiary/aromatic N) is 1. The van der Waals surface area contributed by atoms with Crippen molar-refractivity contribution in [3.8, 4) is 0 Å². The van der Waals surface area contributed by atoms with Gasteiger partial charge in [-0.3, -0.25) is 9.59 Å². The number of esters is 1. The summed E-state index contributed by atoms with van der Waals surface area (Å²) in [5.41, 5.74) is 1.85. The summed E-state index contributed by atoms with van der Waals surface area (Å²) in [4.78, 5) is 42.7. The highest BCUT2D eigenvalue weighted by molar-refractivity contribution is 6.07. The van der Waals surface area contributed by atoms with Crippen molar-refractivity contribution >= 4 is 17.7 Å². The van der Waals surface area contributed by atoms with Crippen molar-refractivity contribution in [2.24, 2.45) is 0 Å². The van der Waals surface area contributed by atoms with Crippen LogP contribution in [0, 0.1) is 13.8 Å². The fourth-order valence-electron chi connectivity index (χ4n) is 3.40. The van der Waals surface area contributed by atoms with E-state index in [4.69, 9.17) is 9.15 Å². The number of carbonyl (C=O) groups is 3. The van der Waals surface area contributed by atoms with E-state index in [1.54, 1.807) is 44.7 Å². The van der Waals surface area contributed by atoms with E-state index < -0.39 is 12.0 Å². The highest BCUT2D eigenvalue weighted by atomic mass is 16.5. The van der Waals surface area contributed by atoms with Crippen LogP contribution in [0.2, 0.25) is 0 Å². The van der Waals surface area contributed by atoms with Crippen LogP contribution >= 0.6 is 0 Å². The number of ether oxygens (including phenoxy) is 1. The highest BCUT2D eigenvalue weighted by Gasteiger charge is 2.40. The van der Waals surface area contributed by atoms with E-state index in [0.29, 0.717) is 16.8 Å². The Kier molecular flexibility index (Phi) is 5.21. The van der Waals surface area contributed by atoms with Crippen molar-refractivity contribution in [3.63, 3.8) is 0 Å². The molecule has 1 unspecified atom stereocenters. The summed E-state index contributed by atoms with van der Waals surface area (Å²) in [6.45, 7) is 7.16. The topological polar surface area (TPSA) is 92.6 Å². The van der Waals surface area contributed by atoms with Crippen molar-refractivity contribution in [2.75, 3.05) is 6.61 Å². The van der Waals surface area contributed by atoms with E-state index in [9.17, 15) is 14.4 Å². The van der Waals surface area contributed by atoms with Gasteiger partial charge in [-0.25, -0.2) is 4.79 Å². The minimum absolute atomic E-state index is 0.0330. The third kappa shape index (κ3) is 3.54. The second-order valence-corrected chi connectivity index (χ2v) is 6.81. The van der Waals surface area contributed by atoms with E-state index in [0.717, 1.165) is 12.8 Å². The van der Waals surface area contributed by atoms with E-state index in [-0.39, 0.29) is 35.8 Å². The molecule has 1 N–H and O–H groups in total. The molecular weight excluding hydrogens is 348 g/mol. The average Bonchev–Trinajstić information content (AvgIpc) is 3.20. The SMILES string of the molecule is CCOC(=O)c1[nH]c(C)c(C(=O)C(C)N(C(=O)c2ccco2)C2CC2)c1C. The molecule has 3 rings (SSSR count). The number of nitrogens with one attached hydrogen (secondary N) is 1. The second kappa shape index (κ2) is 7.42. The number of hydrogen-bond donors (Lipinski definition) is 1. The quantitative estimate of drug-likeness (QED) is 0.595. The molecule has 27 heavy (non-hydrogen) atoms. The van der Waals surface area contributed by atoms with E-state index in [2.05, 4.69) is 4.98 Å². The molecule has 0 aromatic carbocycles. The zero-order chi connectivity index (χ0) is 19.7. The molecule has 1 atom stereocenters. The van der Waals surface area contributed by atoms with Crippen LogP contribution in [0.3, 0.4) is 0 Å². The smallest absolute Gasteiger partial charge is 0.355 e. The molecule has 0 saturated heterocycles. The van der Waals surface area contributed by atoms with Crippen LogP contribution in [-0.2, 0) is 4.74 Å². The molecule has 0 bridgehead atoms. The van der Waals surface area contributed by atoms with Crippen molar-refractivity contribution in [1.29, 1.82) is 0 Å². The van der Waals surface area contributed by atoms with Crippen molar-refractivity contribution in [1.82, 2.24) is 9.88 Å². The number of hydrogen-bond acceptors (Lipinski definition) is 5. The van der Waals surface area contributed by atoms with Gasteiger partial charge in [-0.1, -0.05) is 0 Å². The molecule has 1 aliphatic carbocycles. The van der Waals surface area contributed by atoms with Crippen molar-refractivity contribution in [2.45, 2.75) is 52.6 Å². The Morgan fingerprint density at radius 1 is 1.33 bits per heavy atom. The molecule has 2 heterocycles. The number of aromatic nitrogens is 1. The molecule has 1 aliphatic rings. The van der Waals surface area contributed by atoms with Crippen LogP contribution < -0.4 is 0 Å². The molecule has 0 radical (unpaired) electrons. The van der Waals surface area contributed by atoms with Gasteiger partial charge in [-0.2, -0.15) is 0 Å². The normalized spacial score (nSPS) is 14.7. The van der Waals surface area contributed by atoms with Gasteiger partial charge < -0.3 is 19.0 Å². The maximum atomic E-state index is 13.2. The van der Waals surface area contributed by atoms with Crippen LogP contribution in [0.5, 0.6) is 0 Å². The van der Waals surface area contributed by atoms with Gasteiger partial charge in [-0.15, -0.1) is 0 Å². The molecule has 144 valence electrons. The van der Waals surface area contributed by atoms with Gasteiger partial charge in [0.2, 0.25) is 0 Å². The summed E-state index contributed by atoms with van der Waals surface area (Å²) in [5.74, 6) is -0.768. The first-order valence-corrected chi connectivity index (χ1v) is 9.13. The summed E-state index contributed by atoms with van der Waals surface area (Å²) < 4.78 is 10.3. The van der Waals surface area contributed by atoms with Crippen LogP contribution in [0.15, 0.2) is 22.8 Å². The number of aromatic amines is 1. The largest absolute Gasteiger partial charge is 0.461 e. The fourth-order valence-corrected chi connectivity index (χ4v) is 3.40. The Labute approximate surface area is 157 Å². The summed E-state index contributed by atoms with van der Waals surface area (Å²) >= 11 is 0. The molecule has 1 amide bonds. The summed E-state index contributed by atoms with van der Waals surface area (Å²) in [5, 5.41) is 0. The molecule has 0 spiro atoms. The predicted molar refractivity (Wildman–Crippen MR) is 97.9 cm³/mol. The molecule has 0 aliphatic heterocycles. The zero-order valence-electron chi connectivity index (χ0n) is 16.0. The number of furan rings is 1. The lowest BCUT2D eigenvalue weighted by Crippen LogP contribution is -2.45. The van der Waals surface area contributed by atoms with Gasteiger partial charge in [-0.05, 0) is 58.2 Å². The Hall–Kier alpha value is -2.83. The number of carbonyl (C=O) groups excluding carboxylic acids is 3. The summed E-state index contributed by atoms with van der Waals surface area (Å²) in [6.07, 6.45) is 3.17. The Morgan fingerprint density at radius 3 is 2.59 bits per heavy atom. The number of amides is 1. The number of rotatable bonds is 7. The minimum Gasteiger partial charge on any atom is -0.461 e. The fraction of sp³-hybridized carbons (Fsp3) is 0.450. The average molecular weight is 372 g/mol. The molecule has 7 heteroatoms. The lowest BCUT2D eigenvalue weighted by atomic mass is 9.99. The first kappa shape index (κ1) is 18.9. The van der Waals surface area contributed by atoms with E-state index >= 15 is 0 Å². The van der Waals surface area contributed by atoms with Crippen molar-refractivity contribution < 1.29 is 23.5 Å².